The molecule has 1 fully saturated rings. The van der Waals surface area contributed by atoms with Crippen LogP contribution in [-0.4, -0.2) is 24.2 Å². The molecule has 1 aliphatic rings. The number of rotatable bonds is 2. The molecule has 0 radical (unpaired) electrons. The molecule has 1 N–H and O–H groups in total. The zero-order valence-electron chi connectivity index (χ0n) is 12.4. The van der Waals surface area contributed by atoms with Crippen molar-refractivity contribution in [3.05, 3.63) is 29.8 Å². The Balaban J connectivity index is 2.50. The summed E-state index contributed by atoms with van der Waals surface area (Å²) < 4.78 is 0. The molecule has 2 nitrogen and oxygen atoms in total. The molecule has 100 valence electrons. The quantitative estimate of drug-likeness (QED) is 0.862. The van der Waals surface area contributed by atoms with Crippen molar-refractivity contribution in [3.63, 3.8) is 0 Å². The summed E-state index contributed by atoms with van der Waals surface area (Å²) >= 11 is 0. The van der Waals surface area contributed by atoms with E-state index in [2.05, 4.69) is 69.1 Å². The molecular weight excluding hydrogens is 220 g/mol. The second-order valence-corrected chi connectivity index (χ2v) is 6.55. The molecule has 0 spiro atoms. The van der Waals surface area contributed by atoms with Gasteiger partial charge in [-0.15, -0.1) is 0 Å². The van der Waals surface area contributed by atoms with Crippen molar-refractivity contribution < 1.29 is 0 Å². The van der Waals surface area contributed by atoms with E-state index < -0.39 is 0 Å². The fourth-order valence-electron chi connectivity index (χ4n) is 3.33. The molecule has 0 bridgehead atoms. The highest BCUT2D eigenvalue weighted by molar-refractivity contribution is 5.58. The smallest absolute Gasteiger partial charge is 0.0476 e. The summed E-state index contributed by atoms with van der Waals surface area (Å²) in [6, 6.07) is 8.82. The van der Waals surface area contributed by atoms with E-state index in [4.69, 9.17) is 0 Å². The lowest BCUT2D eigenvalue weighted by atomic mass is 9.87. The molecule has 1 saturated heterocycles. The third-order valence-electron chi connectivity index (χ3n) is 3.94. The third kappa shape index (κ3) is 2.26. The summed E-state index contributed by atoms with van der Waals surface area (Å²) in [4.78, 5) is 2.61. The number of piperazine rings is 1. The summed E-state index contributed by atoms with van der Waals surface area (Å²) in [6.07, 6.45) is 1.09. The number of anilines is 1. The minimum atomic E-state index is 0.146. The maximum atomic E-state index is 3.56. The normalized spacial score (nSPS) is 21.9. The van der Waals surface area contributed by atoms with Crippen LogP contribution in [0.4, 0.5) is 5.69 Å². The summed E-state index contributed by atoms with van der Waals surface area (Å²) in [7, 11) is 0. The first-order valence-electron chi connectivity index (χ1n) is 6.97. The lowest BCUT2D eigenvalue weighted by Crippen LogP contribution is -2.68. The molecule has 0 amide bonds. The van der Waals surface area contributed by atoms with Crippen LogP contribution in [0.25, 0.3) is 0 Å². The minimum Gasteiger partial charge on any atom is -0.359 e. The van der Waals surface area contributed by atoms with Crippen molar-refractivity contribution in [2.24, 2.45) is 0 Å². The Kier molecular flexibility index (Phi) is 3.41. The Morgan fingerprint density at radius 2 is 1.61 bits per heavy atom. The van der Waals surface area contributed by atoms with E-state index in [9.17, 15) is 0 Å². The van der Waals surface area contributed by atoms with Gasteiger partial charge in [0.2, 0.25) is 0 Å². The molecule has 1 aromatic rings. The lowest BCUT2D eigenvalue weighted by molar-refractivity contribution is 0.262. The van der Waals surface area contributed by atoms with Crippen molar-refractivity contribution in [2.45, 2.75) is 52.1 Å². The van der Waals surface area contributed by atoms with E-state index in [0.717, 1.165) is 19.5 Å². The van der Waals surface area contributed by atoms with Crippen LogP contribution in [0.5, 0.6) is 0 Å². The summed E-state index contributed by atoms with van der Waals surface area (Å²) in [5, 5.41) is 3.56. The SMILES string of the molecule is CCc1ccccc1N1C(C)(C)CNCC1(C)C. The van der Waals surface area contributed by atoms with Crippen LogP contribution in [0.1, 0.15) is 40.2 Å². The molecule has 1 aromatic carbocycles. The molecule has 18 heavy (non-hydrogen) atoms. The predicted octanol–water partition coefficient (Wildman–Crippen LogP) is 3.22. The highest BCUT2D eigenvalue weighted by Crippen LogP contribution is 2.36. The number of nitrogens with one attached hydrogen (secondary N) is 1. The van der Waals surface area contributed by atoms with E-state index in [1.54, 1.807) is 0 Å². The second kappa shape index (κ2) is 4.58. The largest absolute Gasteiger partial charge is 0.359 e. The van der Waals surface area contributed by atoms with E-state index in [1.807, 2.05) is 0 Å². The van der Waals surface area contributed by atoms with Gasteiger partial charge in [-0.05, 0) is 45.7 Å². The van der Waals surface area contributed by atoms with Crippen molar-refractivity contribution in [2.75, 3.05) is 18.0 Å². The van der Waals surface area contributed by atoms with Crippen molar-refractivity contribution >= 4 is 5.69 Å². The average Bonchev–Trinajstić information content (AvgIpc) is 2.27. The molecule has 1 heterocycles. The van der Waals surface area contributed by atoms with Gasteiger partial charge in [-0.3, -0.25) is 0 Å². The Labute approximate surface area is 111 Å². The second-order valence-electron chi connectivity index (χ2n) is 6.55. The van der Waals surface area contributed by atoms with Gasteiger partial charge >= 0.3 is 0 Å². The summed E-state index contributed by atoms with van der Waals surface area (Å²) in [5.74, 6) is 0. The van der Waals surface area contributed by atoms with Crippen LogP contribution >= 0.6 is 0 Å². The summed E-state index contributed by atoms with van der Waals surface area (Å²) in [6.45, 7) is 13.6. The van der Waals surface area contributed by atoms with Crippen molar-refractivity contribution in [1.29, 1.82) is 0 Å². The van der Waals surface area contributed by atoms with Gasteiger partial charge in [0.1, 0.15) is 0 Å². The minimum absolute atomic E-state index is 0.146. The fourth-order valence-corrected chi connectivity index (χ4v) is 3.33. The zero-order valence-corrected chi connectivity index (χ0v) is 12.4. The molecule has 0 aromatic heterocycles. The molecular formula is C16H26N2. The molecule has 0 aliphatic carbocycles. The third-order valence-corrected chi connectivity index (χ3v) is 3.94. The van der Waals surface area contributed by atoms with Crippen molar-refractivity contribution in [3.8, 4) is 0 Å². The van der Waals surface area contributed by atoms with Crippen LogP contribution in [0.3, 0.4) is 0 Å². The highest BCUT2D eigenvalue weighted by Gasteiger charge is 2.41. The highest BCUT2D eigenvalue weighted by atomic mass is 15.3. The Morgan fingerprint density at radius 1 is 1.06 bits per heavy atom. The van der Waals surface area contributed by atoms with Gasteiger partial charge in [0.15, 0.2) is 0 Å². The van der Waals surface area contributed by atoms with E-state index in [0.29, 0.717) is 0 Å². The summed E-state index contributed by atoms with van der Waals surface area (Å²) in [5.41, 5.74) is 3.14. The average molecular weight is 246 g/mol. The van der Waals surface area contributed by atoms with Crippen LogP contribution in [0.2, 0.25) is 0 Å². The van der Waals surface area contributed by atoms with Gasteiger partial charge in [0.05, 0.1) is 0 Å². The number of hydrogen-bond acceptors (Lipinski definition) is 2. The van der Waals surface area contributed by atoms with E-state index >= 15 is 0 Å². The zero-order chi connectivity index (χ0) is 13.4. The van der Waals surface area contributed by atoms with Crippen LogP contribution in [0, 0.1) is 0 Å². The van der Waals surface area contributed by atoms with Gasteiger partial charge < -0.3 is 10.2 Å². The lowest BCUT2D eigenvalue weighted by Gasteiger charge is -2.55. The van der Waals surface area contributed by atoms with E-state index in [-0.39, 0.29) is 11.1 Å². The Morgan fingerprint density at radius 3 is 2.17 bits per heavy atom. The molecule has 2 heteroatoms. The number of benzene rings is 1. The number of para-hydroxylation sites is 1. The Hall–Kier alpha value is -1.02. The van der Waals surface area contributed by atoms with Gasteiger partial charge in [0, 0.05) is 29.9 Å². The molecule has 0 unspecified atom stereocenters. The number of aryl methyl sites for hydroxylation is 1. The maximum Gasteiger partial charge on any atom is 0.0476 e. The van der Waals surface area contributed by atoms with Crippen LogP contribution in [-0.2, 0) is 6.42 Å². The standard InChI is InChI=1S/C16H26N2/c1-6-13-9-7-8-10-14(13)18-15(2,3)11-17-12-16(18,4)5/h7-10,17H,6,11-12H2,1-5H3. The van der Waals surface area contributed by atoms with Gasteiger partial charge in [-0.25, -0.2) is 0 Å². The van der Waals surface area contributed by atoms with Crippen LogP contribution in [0.15, 0.2) is 24.3 Å². The first-order chi connectivity index (χ1) is 8.38. The number of nitrogens with zero attached hydrogens (tertiary/aromatic N) is 1. The fraction of sp³-hybridized carbons (Fsp3) is 0.625. The van der Waals surface area contributed by atoms with Crippen molar-refractivity contribution in [1.82, 2.24) is 5.32 Å². The topological polar surface area (TPSA) is 15.3 Å². The van der Waals surface area contributed by atoms with E-state index in [1.165, 1.54) is 11.3 Å². The van der Waals surface area contributed by atoms with Gasteiger partial charge in [-0.2, -0.15) is 0 Å². The van der Waals surface area contributed by atoms with Crippen LogP contribution < -0.4 is 10.2 Å². The predicted molar refractivity (Wildman–Crippen MR) is 79.3 cm³/mol. The molecule has 0 atom stereocenters. The first kappa shape index (κ1) is 13.4. The Bertz CT molecular complexity index is 405. The number of hydrogen-bond donors (Lipinski definition) is 1. The molecule has 0 saturated carbocycles. The van der Waals surface area contributed by atoms with Gasteiger partial charge in [-0.1, -0.05) is 25.1 Å². The molecule has 1 aliphatic heterocycles. The monoisotopic (exact) mass is 246 g/mol. The maximum absolute atomic E-state index is 3.56. The first-order valence-corrected chi connectivity index (χ1v) is 6.97. The van der Waals surface area contributed by atoms with Gasteiger partial charge in [0.25, 0.3) is 0 Å². The molecule has 2 rings (SSSR count).